The smallest absolute Gasteiger partial charge is 0.410 e. The highest BCUT2D eigenvalue weighted by Gasteiger charge is 2.30. The summed E-state index contributed by atoms with van der Waals surface area (Å²) in [5.74, 6) is 0.829. The molecule has 2 rings (SSSR count). The summed E-state index contributed by atoms with van der Waals surface area (Å²) in [4.78, 5) is 18.4. The van der Waals surface area contributed by atoms with Crippen molar-refractivity contribution in [1.29, 1.82) is 0 Å². The fourth-order valence-corrected chi connectivity index (χ4v) is 3.58. The van der Waals surface area contributed by atoms with Crippen LogP contribution < -0.4 is 0 Å². The lowest BCUT2D eigenvalue weighted by Crippen LogP contribution is -2.35. The van der Waals surface area contributed by atoms with E-state index in [0.29, 0.717) is 18.8 Å². The molecule has 0 bridgehead atoms. The maximum absolute atomic E-state index is 12.3. The monoisotopic (exact) mass is 310 g/mol. The van der Waals surface area contributed by atoms with Crippen LogP contribution in [0, 0.1) is 5.92 Å². The first-order valence-electron chi connectivity index (χ1n) is 7.11. The zero-order chi connectivity index (χ0) is 15.5. The molecular formula is C15H22N2O3S. The van der Waals surface area contributed by atoms with Gasteiger partial charge in [0.1, 0.15) is 5.60 Å². The van der Waals surface area contributed by atoms with Gasteiger partial charge in [0.15, 0.2) is 0 Å². The van der Waals surface area contributed by atoms with Crippen molar-refractivity contribution < 1.29 is 13.7 Å². The first-order valence-corrected chi connectivity index (χ1v) is 8.43. The van der Waals surface area contributed by atoms with Gasteiger partial charge < -0.3 is 9.64 Å². The van der Waals surface area contributed by atoms with Crippen LogP contribution in [-0.2, 0) is 15.5 Å². The molecule has 1 fully saturated rings. The average molecular weight is 310 g/mol. The van der Waals surface area contributed by atoms with E-state index in [0.717, 1.165) is 11.3 Å². The molecule has 0 radical (unpaired) electrons. The minimum atomic E-state index is -1.04. The maximum Gasteiger partial charge on any atom is 0.410 e. The molecule has 21 heavy (non-hydrogen) atoms. The molecular weight excluding hydrogens is 288 g/mol. The molecule has 0 aliphatic carbocycles. The van der Waals surface area contributed by atoms with Crippen LogP contribution in [-0.4, -0.2) is 44.6 Å². The van der Waals surface area contributed by atoms with Crippen LogP contribution in [0.1, 0.15) is 27.2 Å². The van der Waals surface area contributed by atoms with E-state index < -0.39 is 16.4 Å². The molecule has 0 N–H and O–H groups in total. The van der Waals surface area contributed by atoms with Crippen molar-refractivity contribution in [3.63, 3.8) is 0 Å². The Morgan fingerprint density at radius 1 is 1.43 bits per heavy atom. The van der Waals surface area contributed by atoms with Gasteiger partial charge in [0, 0.05) is 36.1 Å². The number of rotatable bonds is 3. The summed E-state index contributed by atoms with van der Waals surface area (Å²) in [5.41, 5.74) is -0.477. The molecule has 0 spiro atoms. The fraction of sp³-hybridized carbons (Fsp3) is 0.600. The van der Waals surface area contributed by atoms with Gasteiger partial charge >= 0.3 is 6.09 Å². The first-order chi connectivity index (χ1) is 9.85. The van der Waals surface area contributed by atoms with E-state index in [1.165, 1.54) is 0 Å². The van der Waals surface area contributed by atoms with Crippen LogP contribution >= 0.6 is 0 Å². The Bertz CT molecular complexity index is 513. The second kappa shape index (κ2) is 6.56. The third-order valence-electron chi connectivity index (χ3n) is 3.24. The van der Waals surface area contributed by atoms with Crippen LogP contribution in [0.2, 0.25) is 0 Å². The third-order valence-corrected chi connectivity index (χ3v) is 4.81. The molecule has 1 aromatic heterocycles. The van der Waals surface area contributed by atoms with Gasteiger partial charge in [0.25, 0.3) is 0 Å². The summed E-state index contributed by atoms with van der Waals surface area (Å²) in [7, 11) is -1.04. The van der Waals surface area contributed by atoms with Crippen molar-refractivity contribution in [2.24, 2.45) is 5.92 Å². The Morgan fingerprint density at radius 2 is 2.10 bits per heavy atom. The van der Waals surface area contributed by atoms with Crippen LogP contribution in [0.4, 0.5) is 4.79 Å². The first kappa shape index (κ1) is 15.9. The highest BCUT2D eigenvalue weighted by molar-refractivity contribution is 7.85. The number of aromatic nitrogens is 1. The SMILES string of the molecule is CC(C)(C)OC(=O)N1CC[C@@H](C[S@](=O)c2ccncc2)C1. The van der Waals surface area contributed by atoms with Crippen molar-refractivity contribution in [3.05, 3.63) is 24.5 Å². The molecule has 1 amide bonds. The van der Waals surface area contributed by atoms with Crippen LogP contribution in [0.5, 0.6) is 0 Å². The number of hydrogen-bond donors (Lipinski definition) is 0. The van der Waals surface area contributed by atoms with Crippen LogP contribution in [0.15, 0.2) is 29.4 Å². The lowest BCUT2D eigenvalue weighted by Gasteiger charge is -2.24. The van der Waals surface area contributed by atoms with E-state index in [1.54, 1.807) is 29.4 Å². The fourth-order valence-electron chi connectivity index (χ4n) is 2.26. The molecule has 116 valence electrons. The molecule has 0 unspecified atom stereocenters. The second-order valence-electron chi connectivity index (χ2n) is 6.28. The van der Waals surface area contributed by atoms with Gasteiger partial charge in [-0.3, -0.25) is 9.19 Å². The number of carbonyl (C=O) groups excluding carboxylic acids is 1. The summed E-state index contributed by atoms with van der Waals surface area (Å²) in [6, 6.07) is 3.55. The molecule has 0 aromatic carbocycles. The summed E-state index contributed by atoms with van der Waals surface area (Å²) in [6.07, 6.45) is 3.89. The van der Waals surface area contributed by atoms with Crippen molar-refractivity contribution in [3.8, 4) is 0 Å². The maximum atomic E-state index is 12.3. The number of nitrogens with zero attached hydrogens (tertiary/aromatic N) is 2. The number of likely N-dealkylation sites (tertiary alicyclic amines) is 1. The Kier molecular flexibility index (Phi) is 4.98. The molecule has 1 aliphatic heterocycles. The Morgan fingerprint density at radius 3 is 2.71 bits per heavy atom. The predicted molar refractivity (Wildman–Crippen MR) is 81.4 cm³/mol. The zero-order valence-electron chi connectivity index (χ0n) is 12.7. The Labute approximate surface area is 128 Å². The van der Waals surface area contributed by atoms with E-state index in [2.05, 4.69) is 4.98 Å². The number of carbonyl (C=O) groups is 1. The summed E-state index contributed by atoms with van der Waals surface area (Å²) in [6.45, 7) is 6.86. The quantitative estimate of drug-likeness (QED) is 0.860. The highest BCUT2D eigenvalue weighted by Crippen LogP contribution is 2.21. The molecule has 1 aliphatic rings. The average Bonchev–Trinajstić information content (AvgIpc) is 2.86. The Hall–Kier alpha value is -1.43. The van der Waals surface area contributed by atoms with E-state index in [1.807, 2.05) is 20.8 Å². The number of hydrogen-bond acceptors (Lipinski definition) is 4. The second-order valence-corrected chi connectivity index (χ2v) is 7.77. The molecule has 0 saturated carbocycles. The topological polar surface area (TPSA) is 59.5 Å². The van der Waals surface area contributed by atoms with Crippen molar-refractivity contribution in [2.75, 3.05) is 18.8 Å². The Balaban J connectivity index is 1.86. The number of ether oxygens (including phenoxy) is 1. The van der Waals surface area contributed by atoms with Gasteiger partial charge in [-0.15, -0.1) is 0 Å². The summed E-state index contributed by atoms with van der Waals surface area (Å²) in [5, 5.41) is 0. The molecule has 2 heterocycles. The summed E-state index contributed by atoms with van der Waals surface area (Å²) < 4.78 is 17.6. The van der Waals surface area contributed by atoms with Gasteiger partial charge in [0.05, 0.1) is 10.8 Å². The predicted octanol–water partition coefficient (Wildman–Crippen LogP) is 2.45. The van der Waals surface area contributed by atoms with Gasteiger partial charge in [0.2, 0.25) is 0 Å². The number of amides is 1. The van der Waals surface area contributed by atoms with Crippen LogP contribution in [0.25, 0.3) is 0 Å². The molecule has 6 heteroatoms. The van der Waals surface area contributed by atoms with E-state index in [-0.39, 0.29) is 12.0 Å². The van der Waals surface area contributed by atoms with Gasteiger partial charge in [-0.25, -0.2) is 4.79 Å². The van der Waals surface area contributed by atoms with Crippen molar-refractivity contribution >= 4 is 16.9 Å². The van der Waals surface area contributed by atoms with E-state index >= 15 is 0 Å². The summed E-state index contributed by atoms with van der Waals surface area (Å²) >= 11 is 0. The highest BCUT2D eigenvalue weighted by atomic mass is 32.2. The zero-order valence-corrected chi connectivity index (χ0v) is 13.6. The normalized spacial score (nSPS) is 20.3. The van der Waals surface area contributed by atoms with E-state index in [4.69, 9.17) is 4.74 Å². The third kappa shape index (κ3) is 4.81. The molecule has 5 nitrogen and oxygen atoms in total. The minimum absolute atomic E-state index is 0.256. The van der Waals surface area contributed by atoms with Crippen LogP contribution in [0.3, 0.4) is 0 Å². The largest absolute Gasteiger partial charge is 0.444 e. The molecule has 2 atom stereocenters. The lowest BCUT2D eigenvalue weighted by molar-refractivity contribution is 0.0289. The van der Waals surface area contributed by atoms with Gasteiger partial charge in [-0.05, 0) is 45.2 Å². The van der Waals surface area contributed by atoms with Gasteiger partial charge in [-0.2, -0.15) is 0 Å². The van der Waals surface area contributed by atoms with Crippen molar-refractivity contribution in [2.45, 2.75) is 37.7 Å². The van der Waals surface area contributed by atoms with Crippen molar-refractivity contribution in [1.82, 2.24) is 9.88 Å². The molecule has 1 aromatic rings. The van der Waals surface area contributed by atoms with E-state index in [9.17, 15) is 9.00 Å². The lowest BCUT2D eigenvalue weighted by atomic mass is 10.2. The standard InChI is InChI=1S/C15H22N2O3S/c1-15(2,3)20-14(18)17-9-6-12(10-17)11-21(19)13-4-7-16-8-5-13/h4-5,7-8,12H,6,9-11H2,1-3H3/t12-,21+/m1/s1. The minimum Gasteiger partial charge on any atom is -0.444 e. The van der Waals surface area contributed by atoms with Gasteiger partial charge in [-0.1, -0.05) is 0 Å². The number of pyridine rings is 1. The molecule has 1 saturated heterocycles.